The van der Waals surface area contributed by atoms with Crippen LogP contribution in [0.25, 0.3) is 10.8 Å². The Bertz CT molecular complexity index is 578. The fourth-order valence-electron chi connectivity index (χ4n) is 2.26. The molecule has 1 unspecified atom stereocenters. The lowest BCUT2D eigenvalue weighted by Gasteiger charge is -2.12. The Morgan fingerprint density at radius 3 is 2.95 bits per heavy atom. The molecule has 0 aliphatic carbocycles. The van der Waals surface area contributed by atoms with Gasteiger partial charge in [0.05, 0.1) is 6.61 Å². The summed E-state index contributed by atoms with van der Waals surface area (Å²) in [5, 5.41) is 2.29. The summed E-state index contributed by atoms with van der Waals surface area (Å²) in [7, 11) is 0. The summed E-state index contributed by atoms with van der Waals surface area (Å²) >= 11 is 0. The Hall–Kier alpha value is -1.94. The number of aromatic nitrogens is 1. The molecule has 2 rings (SSSR count). The molecular weight excluding hydrogens is 252 g/mol. The van der Waals surface area contributed by atoms with Gasteiger partial charge in [0.25, 0.3) is 0 Å². The highest BCUT2D eigenvalue weighted by molar-refractivity contribution is 5.84. The Labute approximate surface area is 119 Å². The zero-order valence-corrected chi connectivity index (χ0v) is 11.7. The Morgan fingerprint density at radius 2 is 2.15 bits per heavy atom. The number of hydrogen-bond acceptors (Lipinski definition) is 4. The quantitative estimate of drug-likeness (QED) is 0.820. The maximum absolute atomic E-state index is 11.3. The average Bonchev–Trinajstić information content (AvgIpc) is 2.46. The number of hydrogen-bond donors (Lipinski definition) is 1. The van der Waals surface area contributed by atoms with E-state index in [-0.39, 0.29) is 12.0 Å². The maximum Gasteiger partial charge on any atom is 0.305 e. The van der Waals surface area contributed by atoms with Gasteiger partial charge in [-0.05, 0) is 30.7 Å². The first-order valence-electron chi connectivity index (χ1n) is 6.93. The van der Waals surface area contributed by atoms with Crippen molar-refractivity contribution in [3.8, 4) is 0 Å². The molecule has 0 fully saturated rings. The van der Waals surface area contributed by atoms with Crippen LogP contribution in [0.4, 0.5) is 0 Å². The highest BCUT2D eigenvalue weighted by Gasteiger charge is 2.10. The van der Waals surface area contributed by atoms with Gasteiger partial charge in [0.2, 0.25) is 0 Å². The van der Waals surface area contributed by atoms with Crippen LogP contribution >= 0.6 is 0 Å². The summed E-state index contributed by atoms with van der Waals surface area (Å²) < 4.78 is 4.91. The summed E-state index contributed by atoms with van der Waals surface area (Å²) in [6.45, 7) is 2.22. The van der Waals surface area contributed by atoms with Crippen LogP contribution in [0.15, 0.2) is 36.7 Å². The van der Waals surface area contributed by atoms with E-state index in [0.717, 1.165) is 10.9 Å². The van der Waals surface area contributed by atoms with Crippen molar-refractivity contribution in [1.82, 2.24) is 4.98 Å². The van der Waals surface area contributed by atoms with Gasteiger partial charge in [-0.25, -0.2) is 0 Å². The number of rotatable bonds is 6. The molecule has 0 aliphatic heterocycles. The Balaban J connectivity index is 1.99. The molecular formula is C16H20N2O2. The fourth-order valence-corrected chi connectivity index (χ4v) is 2.26. The molecule has 106 valence electrons. The molecule has 0 amide bonds. The lowest BCUT2D eigenvalue weighted by molar-refractivity contribution is -0.143. The average molecular weight is 272 g/mol. The van der Waals surface area contributed by atoms with Crippen molar-refractivity contribution < 1.29 is 9.53 Å². The largest absolute Gasteiger partial charge is 0.466 e. The summed E-state index contributed by atoms with van der Waals surface area (Å²) in [6, 6.07) is 8.05. The first-order chi connectivity index (χ1) is 9.70. The monoisotopic (exact) mass is 272 g/mol. The molecule has 0 aliphatic rings. The van der Waals surface area contributed by atoms with Crippen LogP contribution in [0.1, 0.15) is 25.3 Å². The number of ether oxygens (including phenoxy) is 1. The normalized spacial score (nSPS) is 12.3. The number of fused-ring (bicyclic) bond motifs is 1. The van der Waals surface area contributed by atoms with Crippen LogP contribution in [0.2, 0.25) is 0 Å². The number of carbonyl (C=O) groups is 1. The predicted molar refractivity (Wildman–Crippen MR) is 79.3 cm³/mol. The second kappa shape index (κ2) is 7.01. The predicted octanol–water partition coefficient (Wildman–Crippen LogP) is 2.45. The smallest absolute Gasteiger partial charge is 0.305 e. The molecule has 4 nitrogen and oxygen atoms in total. The number of nitrogens with two attached hydrogens (primary N) is 1. The zero-order chi connectivity index (χ0) is 14.4. The van der Waals surface area contributed by atoms with E-state index < -0.39 is 0 Å². The summed E-state index contributed by atoms with van der Waals surface area (Å²) in [6.07, 6.45) is 5.42. The van der Waals surface area contributed by atoms with Gasteiger partial charge >= 0.3 is 5.97 Å². The second-order valence-electron chi connectivity index (χ2n) is 4.83. The van der Waals surface area contributed by atoms with E-state index in [0.29, 0.717) is 25.9 Å². The van der Waals surface area contributed by atoms with Gasteiger partial charge in [0.15, 0.2) is 0 Å². The molecule has 0 radical (unpaired) electrons. The third-order valence-electron chi connectivity index (χ3n) is 3.26. The molecule has 1 atom stereocenters. The molecule has 20 heavy (non-hydrogen) atoms. The van der Waals surface area contributed by atoms with Crippen LogP contribution in [0.5, 0.6) is 0 Å². The van der Waals surface area contributed by atoms with Crippen molar-refractivity contribution in [2.75, 3.05) is 6.61 Å². The number of esters is 1. The molecule has 0 bridgehead atoms. The Morgan fingerprint density at radius 1 is 1.35 bits per heavy atom. The first-order valence-corrected chi connectivity index (χ1v) is 6.93. The van der Waals surface area contributed by atoms with Crippen molar-refractivity contribution in [1.29, 1.82) is 0 Å². The van der Waals surface area contributed by atoms with Gasteiger partial charge in [-0.1, -0.05) is 24.3 Å². The van der Waals surface area contributed by atoms with Crippen LogP contribution < -0.4 is 5.73 Å². The minimum absolute atomic E-state index is 0.0630. The lowest BCUT2D eigenvalue weighted by atomic mass is 9.99. The van der Waals surface area contributed by atoms with Crippen molar-refractivity contribution >= 4 is 16.7 Å². The van der Waals surface area contributed by atoms with Gasteiger partial charge in [-0.3, -0.25) is 9.78 Å². The zero-order valence-electron chi connectivity index (χ0n) is 11.7. The highest BCUT2D eigenvalue weighted by atomic mass is 16.5. The van der Waals surface area contributed by atoms with Crippen LogP contribution in [-0.4, -0.2) is 23.6 Å². The standard InChI is InChI=1S/C16H20N2O2/c1-2-20-16(19)8-7-14(17)9-13-11-18-10-12-5-3-4-6-15(12)13/h3-6,10-11,14H,2,7-9,17H2,1H3. The van der Waals surface area contributed by atoms with Gasteiger partial charge in [-0.15, -0.1) is 0 Å². The number of benzene rings is 1. The van der Waals surface area contributed by atoms with Crippen molar-refractivity contribution in [2.24, 2.45) is 5.73 Å². The van der Waals surface area contributed by atoms with Crippen molar-refractivity contribution in [2.45, 2.75) is 32.2 Å². The van der Waals surface area contributed by atoms with E-state index >= 15 is 0 Å². The SMILES string of the molecule is CCOC(=O)CCC(N)Cc1cncc2ccccc12. The van der Waals surface area contributed by atoms with Crippen molar-refractivity contribution in [3.63, 3.8) is 0 Å². The summed E-state index contributed by atoms with van der Waals surface area (Å²) in [5.74, 6) is -0.181. The van der Waals surface area contributed by atoms with Crippen LogP contribution in [0.3, 0.4) is 0 Å². The minimum atomic E-state index is -0.181. The third kappa shape index (κ3) is 3.78. The minimum Gasteiger partial charge on any atom is -0.466 e. The maximum atomic E-state index is 11.3. The van der Waals surface area contributed by atoms with Gasteiger partial charge in [0, 0.05) is 30.2 Å². The summed E-state index contributed by atoms with van der Waals surface area (Å²) in [5.41, 5.74) is 7.23. The molecule has 1 heterocycles. The van der Waals surface area contributed by atoms with Gasteiger partial charge in [-0.2, -0.15) is 0 Å². The molecule has 1 aromatic heterocycles. The highest BCUT2D eigenvalue weighted by Crippen LogP contribution is 2.18. The first kappa shape index (κ1) is 14.5. The third-order valence-corrected chi connectivity index (χ3v) is 3.26. The van der Waals surface area contributed by atoms with E-state index in [9.17, 15) is 4.79 Å². The van der Waals surface area contributed by atoms with E-state index in [1.165, 1.54) is 5.39 Å². The van der Waals surface area contributed by atoms with Crippen LogP contribution in [-0.2, 0) is 16.0 Å². The fraction of sp³-hybridized carbons (Fsp3) is 0.375. The summed E-state index contributed by atoms with van der Waals surface area (Å²) in [4.78, 5) is 15.6. The Kier molecular flexibility index (Phi) is 5.07. The molecule has 4 heteroatoms. The van der Waals surface area contributed by atoms with Gasteiger partial charge < -0.3 is 10.5 Å². The topological polar surface area (TPSA) is 65.2 Å². The van der Waals surface area contributed by atoms with Crippen LogP contribution in [0, 0.1) is 0 Å². The van der Waals surface area contributed by atoms with E-state index in [4.69, 9.17) is 10.5 Å². The number of pyridine rings is 1. The molecule has 0 saturated heterocycles. The molecule has 2 aromatic rings. The lowest BCUT2D eigenvalue weighted by Crippen LogP contribution is -2.24. The van der Waals surface area contributed by atoms with E-state index in [1.807, 2.05) is 30.6 Å². The van der Waals surface area contributed by atoms with Crippen molar-refractivity contribution in [3.05, 3.63) is 42.2 Å². The molecule has 0 spiro atoms. The molecule has 0 saturated carbocycles. The number of carbonyl (C=O) groups excluding carboxylic acids is 1. The van der Waals surface area contributed by atoms with E-state index in [2.05, 4.69) is 11.1 Å². The molecule has 1 aromatic carbocycles. The van der Waals surface area contributed by atoms with E-state index in [1.54, 1.807) is 6.92 Å². The second-order valence-corrected chi connectivity index (χ2v) is 4.83. The molecule has 2 N–H and O–H groups in total. The number of nitrogens with zero attached hydrogens (tertiary/aromatic N) is 1. The van der Waals surface area contributed by atoms with Gasteiger partial charge in [0.1, 0.15) is 0 Å².